The van der Waals surface area contributed by atoms with Crippen LogP contribution in [0.1, 0.15) is 15.9 Å². The number of hydrogen-bond acceptors (Lipinski definition) is 5. The van der Waals surface area contributed by atoms with E-state index in [2.05, 4.69) is 0 Å². The molecule has 0 saturated carbocycles. The average molecular weight is 283 g/mol. The minimum absolute atomic E-state index is 0.177. The van der Waals surface area contributed by atoms with Crippen LogP contribution in [0.15, 0.2) is 36.4 Å². The zero-order valence-corrected chi connectivity index (χ0v) is 11.3. The van der Waals surface area contributed by atoms with Gasteiger partial charge in [0.15, 0.2) is 0 Å². The second-order valence-corrected chi connectivity index (χ2v) is 4.22. The number of nitriles is 1. The van der Waals surface area contributed by atoms with E-state index in [9.17, 15) is 4.79 Å². The molecule has 0 saturated heterocycles. The normalized spacial score (nSPS) is 9.71. The number of rotatable bonds is 4. The van der Waals surface area contributed by atoms with Crippen molar-refractivity contribution in [3.63, 3.8) is 0 Å². The van der Waals surface area contributed by atoms with Crippen LogP contribution in [0.2, 0.25) is 0 Å². The molecule has 0 fully saturated rings. The number of amides is 1. The van der Waals surface area contributed by atoms with E-state index in [1.54, 1.807) is 24.3 Å². The Morgan fingerprint density at radius 2 is 1.86 bits per heavy atom. The van der Waals surface area contributed by atoms with E-state index in [1.165, 1.54) is 19.2 Å². The third kappa shape index (κ3) is 3.22. The van der Waals surface area contributed by atoms with Crippen LogP contribution in [0.3, 0.4) is 0 Å². The Morgan fingerprint density at radius 1 is 1.14 bits per heavy atom. The number of nitrogen functional groups attached to an aromatic ring is 1. The van der Waals surface area contributed by atoms with Crippen molar-refractivity contribution in [2.75, 3.05) is 12.8 Å². The number of ether oxygens (including phenoxy) is 2. The van der Waals surface area contributed by atoms with Gasteiger partial charge in [-0.05, 0) is 30.3 Å². The summed E-state index contributed by atoms with van der Waals surface area (Å²) in [4.78, 5) is 11.3. The molecule has 0 unspecified atom stereocenters. The van der Waals surface area contributed by atoms with Gasteiger partial charge in [-0.25, -0.2) is 0 Å². The topological polar surface area (TPSA) is 111 Å². The van der Waals surface area contributed by atoms with Gasteiger partial charge >= 0.3 is 0 Å². The van der Waals surface area contributed by atoms with E-state index in [1.807, 2.05) is 6.07 Å². The van der Waals surface area contributed by atoms with E-state index in [0.29, 0.717) is 22.8 Å². The number of nitrogens with two attached hydrogens (primary N) is 2. The molecular formula is C15H13N3O3. The number of nitrogens with zero attached hydrogens (tertiary/aromatic N) is 1. The first-order chi connectivity index (χ1) is 10.0. The van der Waals surface area contributed by atoms with Crippen molar-refractivity contribution >= 4 is 11.6 Å². The van der Waals surface area contributed by atoms with Crippen molar-refractivity contribution in [3.8, 4) is 23.3 Å². The summed E-state index contributed by atoms with van der Waals surface area (Å²) < 4.78 is 10.7. The molecule has 0 heterocycles. The number of hydrogen-bond donors (Lipinski definition) is 2. The first-order valence-corrected chi connectivity index (χ1v) is 6.00. The number of carbonyl (C=O) groups is 1. The predicted octanol–water partition coefficient (Wildman–Crippen LogP) is 2.04. The highest BCUT2D eigenvalue weighted by molar-refractivity contribution is 5.98. The monoisotopic (exact) mass is 283 g/mol. The van der Waals surface area contributed by atoms with Gasteiger partial charge in [0.1, 0.15) is 17.2 Å². The van der Waals surface area contributed by atoms with Crippen LogP contribution < -0.4 is 20.9 Å². The molecule has 0 bridgehead atoms. The van der Waals surface area contributed by atoms with Crippen molar-refractivity contribution in [3.05, 3.63) is 47.5 Å². The molecule has 2 aromatic carbocycles. The molecule has 0 radical (unpaired) electrons. The number of benzene rings is 2. The third-order valence-electron chi connectivity index (χ3n) is 2.77. The molecule has 0 aromatic heterocycles. The second kappa shape index (κ2) is 5.84. The highest BCUT2D eigenvalue weighted by Crippen LogP contribution is 2.28. The second-order valence-electron chi connectivity index (χ2n) is 4.22. The summed E-state index contributed by atoms with van der Waals surface area (Å²) in [5.41, 5.74) is 11.7. The van der Waals surface area contributed by atoms with E-state index >= 15 is 0 Å². The maximum atomic E-state index is 11.3. The van der Waals surface area contributed by atoms with Crippen molar-refractivity contribution in [2.24, 2.45) is 5.73 Å². The van der Waals surface area contributed by atoms with E-state index in [0.717, 1.165) is 0 Å². The van der Waals surface area contributed by atoms with E-state index in [4.69, 9.17) is 26.2 Å². The lowest BCUT2D eigenvalue weighted by atomic mass is 10.1. The average Bonchev–Trinajstić information content (AvgIpc) is 2.48. The Labute approximate surface area is 121 Å². The van der Waals surface area contributed by atoms with Gasteiger partial charge in [-0.3, -0.25) is 4.79 Å². The molecule has 0 aliphatic carbocycles. The molecule has 6 heteroatoms. The summed E-state index contributed by atoms with van der Waals surface area (Å²) in [7, 11) is 1.49. The Balaban J connectivity index is 2.36. The van der Waals surface area contributed by atoms with Gasteiger partial charge < -0.3 is 20.9 Å². The highest BCUT2D eigenvalue weighted by Gasteiger charge is 2.09. The summed E-state index contributed by atoms with van der Waals surface area (Å²) in [6, 6.07) is 11.4. The summed E-state index contributed by atoms with van der Waals surface area (Å²) in [6.45, 7) is 0. The highest BCUT2D eigenvalue weighted by atomic mass is 16.5. The third-order valence-corrected chi connectivity index (χ3v) is 2.77. The summed E-state index contributed by atoms with van der Waals surface area (Å²) >= 11 is 0. The molecule has 0 aliphatic rings. The molecule has 0 aliphatic heterocycles. The Hall–Kier alpha value is -3.20. The fraction of sp³-hybridized carbons (Fsp3) is 0.0667. The van der Waals surface area contributed by atoms with Crippen molar-refractivity contribution < 1.29 is 14.3 Å². The van der Waals surface area contributed by atoms with Crippen LogP contribution in [-0.2, 0) is 0 Å². The minimum atomic E-state index is -0.638. The zero-order chi connectivity index (χ0) is 15.4. The first kappa shape index (κ1) is 14.2. The predicted molar refractivity (Wildman–Crippen MR) is 77.2 cm³/mol. The van der Waals surface area contributed by atoms with Gasteiger partial charge in [-0.1, -0.05) is 0 Å². The largest absolute Gasteiger partial charge is 0.497 e. The van der Waals surface area contributed by atoms with Gasteiger partial charge in [0.25, 0.3) is 5.91 Å². The van der Waals surface area contributed by atoms with Crippen LogP contribution in [0.4, 0.5) is 5.69 Å². The van der Waals surface area contributed by atoms with Crippen LogP contribution in [0.5, 0.6) is 17.2 Å². The lowest BCUT2D eigenvalue weighted by molar-refractivity contribution is 0.100. The van der Waals surface area contributed by atoms with Crippen LogP contribution in [-0.4, -0.2) is 13.0 Å². The molecule has 2 rings (SSSR count). The SMILES string of the molecule is COc1cc(C#N)cc(Oc2ccc(N)c(C(N)=O)c2)c1. The number of methoxy groups -OCH3 is 1. The molecule has 2 aromatic rings. The molecular weight excluding hydrogens is 270 g/mol. The zero-order valence-electron chi connectivity index (χ0n) is 11.3. The molecule has 21 heavy (non-hydrogen) atoms. The van der Waals surface area contributed by atoms with Crippen LogP contribution in [0.25, 0.3) is 0 Å². The molecule has 106 valence electrons. The van der Waals surface area contributed by atoms with Gasteiger partial charge in [-0.2, -0.15) is 5.26 Å². The summed E-state index contributed by atoms with van der Waals surface area (Å²) in [5, 5.41) is 8.96. The molecule has 6 nitrogen and oxygen atoms in total. The number of carbonyl (C=O) groups excluding carboxylic acids is 1. The first-order valence-electron chi connectivity index (χ1n) is 6.00. The van der Waals surface area contributed by atoms with E-state index in [-0.39, 0.29) is 11.3 Å². The maximum Gasteiger partial charge on any atom is 0.250 e. The summed E-state index contributed by atoms with van der Waals surface area (Å²) in [5.74, 6) is 0.650. The van der Waals surface area contributed by atoms with Gasteiger partial charge in [0.05, 0.1) is 24.3 Å². The van der Waals surface area contributed by atoms with Crippen LogP contribution >= 0.6 is 0 Å². The molecule has 0 spiro atoms. The van der Waals surface area contributed by atoms with Gasteiger partial charge in [-0.15, -0.1) is 0 Å². The lowest BCUT2D eigenvalue weighted by Crippen LogP contribution is -2.13. The number of anilines is 1. The fourth-order valence-electron chi connectivity index (χ4n) is 1.76. The van der Waals surface area contributed by atoms with Gasteiger partial charge in [0.2, 0.25) is 0 Å². The number of primary amides is 1. The minimum Gasteiger partial charge on any atom is -0.497 e. The maximum absolute atomic E-state index is 11.3. The quantitative estimate of drug-likeness (QED) is 0.834. The lowest BCUT2D eigenvalue weighted by Gasteiger charge is -2.10. The van der Waals surface area contributed by atoms with Crippen molar-refractivity contribution in [1.29, 1.82) is 5.26 Å². The molecule has 1 amide bonds. The van der Waals surface area contributed by atoms with Gasteiger partial charge in [0, 0.05) is 11.8 Å². The Kier molecular flexibility index (Phi) is 3.95. The van der Waals surface area contributed by atoms with Crippen LogP contribution in [0, 0.1) is 11.3 Å². The Morgan fingerprint density at radius 3 is 2.48 bits per heavy atom. The Bertz CT molecular complexity index is 735. The van der Waals surface area contributed by atoms with Crippen molar-refractivity contribution in [1.82, 2.24) is 0 Å². The summed E-state index contributed by atoms with van der Waals surface area (Å²) in [6.07, 6.45) is 0. The standard InChI is InChI=1S/C15H13N3O3/c1-20-11-4-9(8-16)5-12(6-11)21-10-2-3-14(17)13(7-10)15(18)19/h2-7H,17H2,1H3,(H2,18,19). The van der Waals surface area contributed by atoms with Crippen molar-refractivity contribution in [2.45, 2.75) is 0 Å². The van der Waals surface area contributed by atoms with E-state index < -0.39 is 5.91 Å². The fourth-order valence-corrected chi connectivity index (χ4v) is 1.76. The molecule has 0 atom stereocenters. The smallest absolute Gasteiger partial charge is 0.250 e. The molecule has 4 N–H and O–H groups in total.